The van der Waals surface area contributed by atoms with Crippen molar-refractivity contribution < 1.29 is 14.6 Å². The summed E-state index contributed by atoms with van der Waals surface area (Å²) < 4.78 is 10.6. The zero-order valence-electron chi connectivity index (χ0n) is 12.9. The highest BCUT2D eigenvalue weighted by Crippen LogP contribution is 2.33. The van der Waals surface area contributed by atoms with E-state index in [2.05, 4.69) is 13.8 Å². The highest BCUT2D eigenvalue weighted by molar-refractivity contribution is 5.44. The van der Waals surface area contributed by atoms with Gasteiger partial charge < -0.3 is 20.3 Å². The van der Waals surface area contributed by atoms with Crippen molar-refractivity contribution in [3.8, 4) is 11.5 Å². The standard InChI is InChI=1S/C16H27NO3/c1-5-11(6-2)16(18)13(10-17)12-7-8-14(19-3)15(9-12)20-4/h7-9,11,13,16,18H,5-6,10,17H2,1-4H3. The maximum Gasteiger partial charge on any atom is 0.160 e. The van der Waals surface area contributed by atoms with Crippen molar-refractivity contribution in [1.29, 1.82) is 0 Å². The molecule has 2 unspecified atom stereocenters. The van der Waals surface area contributed by atoms with Crippen LogP contribution in [-0.2, 0) is 0 Å². The lowest BCUT2D eigenvalue weighted by atomic mass is 9.83. The Morgan fingerprint density at radius 3 is 2.15 bits per heavy atom. The molecular weight excluding hydrogens is 254 g/mol. The molecule has 0 aliphatic carbocycles. The Kier molecular flexibility index (Phi) is 6.82. The summed E-state index contributed by atoms with van der Waals surface area (Å²) in [7, 11) is 3.22. The summed E-state index contributed by atoms with van der Waals surface area (Å²) in [6.07, 6.45) is 1.45. The summed E-state index contributed by atoms with van der Waals surface area (Å²) in [6, 6.07) is 5.71. The Labute approximate surface area is 121 Å². The molecule has 0 saturated heterocycles. The van der Waals surface area contributed by atoms with Gasteiger partial charge in [0.25, 0.3) is 0 Å². The minimum atomic E-state index is -0.437. The molecule has 0 radical (unpaired) electrons. The van der Waals surface area contributed by atoms with Crippen LogP contribution >= 0.6 is 0 Å². The molecule has 2 atom stereocenters. The smallest absolute Gasteiger partial charge is 0.160 e. The van der Waals surface area contributed by atoms with Crippen molar-refractivity contribution in [3.63, 3.8) is 0 Å². The number of methoxy groups -OCH3 is 2. The summed E-state index contributed by atoms with van der Waals surface area (Å²) >= 11 is 0. The van der Waals surface area contributed by atoms with Crippen LogP contribution in [0, 0.1) is 5.92 Å². The van der Waals surface area contributed by atoms with E-state index >= 15 is 0 Å². The lowest BCUT2D eigenvalue weighted by molar-refractivity contribution is 0.0779. The number of aliphatic hydroxyl groups is 1. The molecule has 20 heavy (non-hydrogen) atoms. The van der Waals surface area contributed by atoms with Crippen LogP contribution in [0.1, 0.15) is 38.2 Å². The topological polar surface area (TPSA) is 64.7 Å². The van der Waals surface area contributed by atoms with Gasteiger partial charge in [0, 0.05) is 12.5 Å². The van der Waals surface area contributed by atoms with Gasteiger partial charge in [0.05, 0.1) is 20.3 Å². The summed E-state index contributed by atoms with van der Waals surface area (Å²) in [6.45, 7) is 4.60. The van der Waals surface area contributed by atoms with E-state index in [0.717, 1.165) is 18.4 Å². The van der Waals surface area contributed by atoms with Gasteiger partial charge in [0.1, 0.15) is 0 Å². The summed E-state index contributed by atoms with van der Waals surface area (Å²) in [5.74, 6) is 1.53. The molecule has 1 aromatic carbocycles. The number of rotatable bonds is 8. The van der Waals surface area contributed by atoms with Crippen LogP contribution in [0.15, 0.2) is 18.2 Å². The number of aliphatic hydroxyl groups excluding tert-OH is 1. The minimum Gasteiger partial charge on any atom is -0.493 e. The van der Waals surface area contributed by atoms with Crippen LogP contribution in [0.5, 0.6) is 11.5 Å². The second kappa shape index (κ2) is 8.12. The first-order chi connectivity index (χ1) is 9.62. The molecule has 4 heteroatoms. The Balaban J connectivity index is 3.05. The van der Waals surface area contributed by atoms with Crippen LogP contribution in [-0.4, -0.2) is 32.0 Å². The van der Waals surface area contributed by atoms with Crippen molar-refractivity contribution >= 4 is 0 Å². The van der Waals surface area contributed by atoms with Crippen molar-refractivity contribution in [3.05, 3.63) is 23.8 Å². The van der Waals surface area contributed by atoms with Crippen LogP contribution in [0.4, 0.5) is 0 Å². The third-order valence-corrected chi connectivity index (χ3v) is 4.03. The third-order valence-electron chi connectivity index (χ3n) is 4.03. The third kappa shape index (κ3) is 3.64. The van der Waals surface area contributed by atoms with Gasteiger partial charge in [-0.2, -0.15) is 0 Å². The molecule has 0 spiro atoms. The van der Waals surface area contributed by atoms with Crippen molar-refractivity contribution in [2.75, 3.05) is 20.8 Å². The van der Waals surface area contributed by atoms with Crippen LogP contribution in [0.25, 0.3) is 0 Å². The van der Waals surface area contributed by atoms with E-state index < -0.39 is 6.10 Å². The average Bonchev–Trinajstić information content (AvgIpc) is 2.49. The summed E-state index contributed by atoms with van der Waals surface area (Å²) in [5, 5.41) is 10.6. The van der Waals surface area contributed by atoms with E-state index in [1.165, 1.54) is 0 Å². The molecule has 1 aromatic rings. The predicted molar refractivity (Wildman–Crippen MR) is 81.4 cm³/mol. The molecule has 4 nitrogen and oxygen atoms in total. The van der Waals surface area contributed by atoms with E-state index in [9.17, 15) is 5.11 Å². The van der Waals surface area contributed by atoms with E-state index in [1.54, 1.807) is 14.2 Å². The van der Waals surface area contributed by atoms with Crippen LogP contribution in [0.2, 0.25) is 0 Å². The maximum atomic E-state index is 10.6. The molecule has 3 N–H and O–H groups in total. The maximum absolute atomic E-state index is 10.6. The molecule has 0 aliphatic rings. The number of ether oxygens (including phenoxy) is 2. The largest absolute Gasteiger partial charge is 0.493 e. The molecule has 1 rings (SSSR count). The highest BCUT2D eigenvalue weighted by Gasteiger charge is 2.26. The van der Waals surface area contributed by atoms with Gasteiger partial charge in [-0.05, 0) is 23.6 Å². The molecule has 0 amide bonds. The first kappa shape index (κ1) is 16.8. The highest BCUT2D eigenvalue weighted by atomic mass is 16.5. The second-order valence-corrected chi connectivity index (χ2v) is 5.02. The van der Waals surface area contributed by atoms with Gasteiger partial charge in [0.2, 0.25) is 0 Å². The summed E-state index contributed by atoms with van der Waals surface area (Å²) in [5.41, 5.74) is 6.87. The van der Waals surface area contributed by atoms with Crippen molar-refractivity contribution in [1.82, 2.24) is 0 Å². The van der Waals surface area contributed by atoms with Gasteiger partial charge in [-0.15, -0.1) is 0 Å². The van der Waals surface area contributed by atoms with E-state index in [1.807, 2.05) is 18.2 Å². The fourth-order valence-corrected chi connectivity index (χ4v) is 2.66. The Bertz CT molecular complexity index is 405. The minimum absolute atomic E-state index is 0.0836. The summed E-state index contributed by atoms with van der Waals surface area (Å²) in [4.78, 5) is 0. The number of benzene rings is 1. The average molecular weight is 281 g/mol. The second-order valence-electron chi connectivity index (χ2n) is 5.02. The lowest BCUT2D eigenvalue weighted by Crippen LogP contribution is -2.32. The van der Waals surface area contributed by atoms with Crippen LogP contribution in [0.3, 0.4) is 0 Å². The SMILES string of the molecule is CCC(CC)C(O)C(CN)c1ccc(OC)c(OC)c1. The van der Waals surface area contributed by atoms with E-state index in [-0.39, 0.29) is 11.8 Å². The first-order valence-electron chi connectivity index (χ1n) is 7.22. The van der Waals surface area contributed by atoms with Crippen molar-refractivity contribution in [2.45, 2.75) is 38.7 Å². The zero-order chi connectivity index (χ0) is 15.1. The fraction of sp³-hybridized carbons (Fsp3) is 0.625. The quantitative estimate of drug-likeness (QED) is 0.768. The van der Waals surface area contributed by atoms with Gasteiger partial charge in [-0.3, -0.25) is 0 Å². The molecular formula is C16H27NO3. The molecule has 0 saturated carbocycles. The first-order valence-corrected chi connectivity index (χ1v) is 7.22. The molecule has 0 bridgehead atoms. The van der Waals surface area contributed by atoms with Crippen LogP contribution < -0.4 is 15.2 Å². The van der Waals surface area contributed by atoms with Gasteiger partial charge in [-0.1, -0.05) is 32.8 Å². The fourth-order valence-electron chi connectivity index (χ4n) is 2.66. The van der Waals surface area contributed by atoms with Gasteiger partial charge >= 0.3 is 0 Å². The molecule has 114 valence electrons. The molecule has 0 aromatic heterocycles. The molecule has 0 aliphatic heterocycles. The predicted octanol–water partition coefficient (Wildman–Crippen LogP) is 2.54. The Morgan fingerprint density at radius 2 is 1.70 bits per heavy atom. The number of hydrogen-bond acceptors (Lipinski definition) is 4. The van der Waals surface area contributed by atoms with Gasteiger partial charge in [-0.25, -0.2) is 0 Å². The molecule has 0 fully saturated rings. The normalized spacial score (nSPS) is 14.2. The van der Waals surface area contributed by atoms with Crippen molar-refractivity contribution in [2.24, 2.45) is 11.7 Å². The molecule has 0 heterocycles. The van der Waals surface area contributed by atoms with E-state index in [4.69, 9.17) is 15.2 Å². The lowest BCUT2D eigenvalue weighted by Gasteiger charge is -2.28. The Hall–Kier alpha value is -1.26. The van der Waals surface area contributed by atoms with E-state index in [0.29, 0.717) is 18.0 Å². The monoisotopic (exact) mass is 281 g/mol. The number of hydrogen-bond donors (Lipinski definition) is 2. The number of nitrogens with two attached hydrogens (primary N) is 1. The van der Waals surface area contributed by atoms with Gasteiger partial charge in [0.15, 0.2) is 11.5 Å². The zero-order valence-corrected chi connectivity index (χ0v) is 12.9. The Morgan fingerprint density at radius 1 is 1.10 bits per heavy atom.